The number of carbonyl (C=O) groups is 3. The Morgan fingerprint density at radius 1 is 0.345 bits per heavy atom. The Labute approximate surface area is 533 Å². The van der Waals surface area contributed by atoms with Crippen molar-refractivity contribution in [1.29, 1.82) is 0 Å². The molecule has 0 aliphatic carbocycles. The van der Waals surface area contributed by atoms with Crippen molar-refractivity contribution in [3.63, 3.8) is 0 Å². The van der Waals surface area contributed by atoms with Gasteiger partial charge in [0.15, 0.2) is 12.4 Å². The largest absolute Gasteiger partial charge is 0.545 e. The molecule has 0 heterocycles. The zero-order valence-corrected chi connectivity index (χ0v) is 55.8. The standard InChI is InChI=1S/C78H125NO8/c1-6-8-10-12-14-16-18-20-22-24-26-28-30-32-34-35-36-37-38-39-40-41-43-45-47-49-51-53-55-57-59-61-63-65-67-69-76(81)87-74(73-86-78(77(82)83)84-71-70-79(3,4)5)72-85-75(80)68-66-64-62-60-58-56-54-52-50-48-46-44-42-33-31-29-27-25-23-21-19-17-15-13-11-9-7-2/h8-11,14-17,20-23,26-29,32,34,36-37,39-40,43,45,49,51,55,57,74,78H,6-7,12-13,18-19,24-25,30-31,33,35,38,41-42,44,46-48,50,52-54,56,58-73H2,1-5H3/b10-8-,11-9-,16-14-,17-15-,22-20-,23-21-,28-26-,29-27-,34-32-,37-36-,40-39-,45-43-,51-49-,57-55-. The molecule has 0 spiro atoms. The lowest BCUT2D eigenvalue weighted by molar-refractivity contribution is -0.870. The number of nitrogens with zero attached hydrogens (tertiary/aromatic N) is 1. The van der Waals surface area contributed by atoms with Gasteiger partial charge in [0.05, 0.1) is 40.3 Å². The number of likely N-dealkylation sites (N-methyl/N-ethyl adjacent to an activating group) is 1. The van der Waals surface area contributed by atoms with Crippen molar-refractivity contribution in [1.82, 2.24) is 0 Å². The Morgan fingerprint density at radius 3 is 0.920 bits per heavy atom. The molecule has 0 aliphatic heterocycles. The van der Waals surface area contributed by atoms with E-state index in [0.717, 1.165) is 135 Å². The van der Waals surface area contributed by atoms with Gasteiger partial charge in [0.25, 0.3) is 0 Å². The molecule has 0 rings (SSSR count). The van der Waals surface area contributed by atoms with E-state index in [-0.39, 0.29) is 38.6 Å². The lowest BCUT2D eigenvalue weighted by Crippen LogP contribution is -2.44. The van der Waals surface area contributed by atoms with E-state index in [9.17, 15) is 19.5 Å². The van der Waals surface area contributed by atoms with Crippen LogP contribution in [0.25, 0.3) is 0 Å². The third-order valence-electron chi connectivity index (χ3n) is 14.0. The Balaban J connectivity index is 4.26. The molecule has 9 nitrogen and oxygen atoms in total. The zero-order chi connectivity index (χ0) is 63.3. The maximum Gasteiger partial charge on any atom is 0.306 e. The topological polar surface area (TPSA) is 111 Å². The summed E-state index contributed by atoms with van der Waals surface area (Å²) in [7, 11) is 5.91. The minimum absolute atomic E-state index is 0.133. The Morgan fingerprint density at radius 2 is 0.621 bits per heavy atom. The van der Waals surface area contributed by atoms with Crippen LogP contribution >= 0.6 is 0 Å². The normalized spacial score (nSPS) is 13.8. The third kappa shape index (κ3) is 68.0. The molecule has 9 heteroatoms. The Kier molecular flexibility index (Phi) is 62.5. The van der Waals surface area contributed by atoms with Gasteiger partial charge in [0.2, 0.25) is 0 Å². The molecule has 0 aromatic carbocycles. The molecule has 0 radical (unpaired) electrons. The number of ether oxygens (including phenoxy) is 4. The molecule has 0 aliphatic rings. The van der Waals surface area contributed by atoms with E-state index in [1.807, 2.05) is 21.1 Å². The molecule has 0 aromatic heterocycles. The molecule has 0 fully saturated rings. The monoisotopic (exact) mass is 1200 g/mol. The van der Waals surface area contributed by atoms with Gasteiger partial charge in [-0.1, -0.05) is 274 Å². The second-order valence-electron chi connectivity index (χ2n) is 23.3. The number of esters is 2. The molecule has 490 valence electrons. The highest BCUT2D eigenvalue weighted by Crippen LogP contribution is 2.16. The number of quaternary nitrogens is 1. The van der Waals surface area contributed by atoms with Crippen LogP contribution in [0.3, 0.4) is 0 Å². The number of hydrogen-bond acceptors (Lipinski definition) is 8. The van der Waals surface area contributed by atoms with Crippen LogP contribution in [-0.4, -0.2) is 82.3 Å². The lowest BCUT2D eigenvalue weighted by Gasteiger charge is -2.26. The molecular weight excluding hydrogens is 1080 g/mol. The minimum Gasteiger partial charge on any atom is -0.545 e. The summed E-state index contributed by atoms with van der Waals surface area (Å²) >= 11 is 0. The zero-order valence-electron chi connectivity index (χ0n) is 55.8. The van der Waals surface area contributed by atoms with Gasteiger partial charge in [0.1, 0.15) is 13.2 Å². The Bertz CT molecular complexity index is 2030. The summed E-state index contributed by atoms with van der Waals surface area (Å²) in [4.78, 5) is 37.5. The van der Waals surface area contributed by atoms with Crippen LogP contribution in [0, 0.1) is 0 Å². The van der Waals surface area contributed by atoms with E-state index in [0.29, 0.717) is 17.4 Å². The van der Waals surface area contributed by atoms with E-state index in [1.54, 1.807) is 0 Å². The van der Waals surface area contributed by atoms with E-state index in [1.165, 1.54) is 77.0 Å². The summed E-state index contributed by atoms with van der Waals surface area (Å²) < 4.78 is 22.7. The average molecular weight is 1200 g/mol. The summed E-state index contributed by atoms with van der Waals surface area (Å²) in [6.45, 7) is 4.48. The Hall–Kier alpha value is -5.35. The van der Waals surface area contributed by atoms with Crippen LogP contribution in [0.5, 0.6) is 0 Å². The number of carboxylic acids is 1. The van der Waals surface area contributed by atoms with Crippen LogP contribution in [0.2, 0.25) is 0 Å². The number of unbranched alkanes of at least 4 members (excludes halogenated alkanes) is 18. The van der Waals surface area contributed by atoms with Crippen molar-refractivity contribution in [2.45, 2.75) is 257 Å². The molecule has 87 heavy (non-hydrogen) atoms. The van der Waals surface area contributed by atoms with Crippen molar-refractivity contribution in [3.8, 4) is 0 Å². The van der Waals surface area contributed by atoms with Gasteiger partial charge < -0.3 is 33.3 Å². The van der Waals surface area contributed by atoms with Crippen LogP contribution in [0.15, 0.2) is 170 Å². The molecular formula is C78H125NO8. The van der Waals surface area contributed by atoms with Crippen molar-refractivity contribution in [2.75, 3.05) is 47.5 Å². The fourth-order valence-electron chi connectivity index (χ4n) is 8.79. The number of rotatable bonds is 61. The van der Waals surface area contributed by atoms with Gasteiger partial charge in [-0.05, 0) is 128 Å². The number of carbonyl (C=O) groups excluding carboxylic acids is 3. The second kappa shape index (κ2) is 66.6. The van der Waals surface area contributed by atoms with E-state index in [4.69, 9.17) is 18.9 Å². The fraction of sp³-hybridized carbons (Fsp3) is 0.603. The smallest absolute Gasteiger partial charge is 0.306 e. The highest BCUT2D eigenvalue weighted by atomic mass is 16.7. The predicted molar refractivity (Wildman–Crippen MR) is 370 cm³/mol. The molecule has 0 saturated heterocycles. The van der Waals surface area contributed by atoms with E-state index >= 15 is 0 Å². The maximum atomic E-state index is 12.9. The number of hydrogen-bond donors (Lipinski definition) is 0. The van der Waals surface area contributed by atoms with E-state index < -0.39 is 24.3 Å². The highest BCUT2D eigenvalue weighted by molar-refractivity contribution is 5.70. The van der Waals surface area contributed by atoms with E-state index in [2.05, 4.69) is 184 Å². The van der Waals surface area contributed by atoms with Gasteiger partial charge in [0, 0.05) is 12.8 Å². The summed E-state index contributed by atoms with van der Waals surface area (Å²) in [6.07, 6.45) is 97.1. The summed E-state index contributed by atoms with van der Waals surface area (Å²) in [5.41, 5.74) is 0. The van der Waals surface area contributed by atoms with Crippen LogP contribution in [0.4, 0.5) is 0 Å². The molecule has 0 bridgehead atoms. The molecule has 0 N–H and O–H groups in total. The SMILES string of the molecule is CC/C=C\C/C=C\C/C=C\C/C=C\C/C=C\C/C=C\C/C=C\C/C=C\C/C=C\C/C=C\CCCCCCC(=O)OC(COC(=O)CCCCCCCCCCCCCCCC/C=C\C/C=C\C/C=C\C/C=C\CC)COC(OCC[N+](C)(C)C)C(=O)[O-]. The second-order valence-corrected chi connectivity index (χ2v) is 23.3. The molecule has 2 unspecified atom stereocenters. The summed E-state index contributed by atoms with van der Waals surface area (Å²) in [5.74, 6) is -2.33. The molecule has 0 amide bonds. The fourth-order valence-corrected chi connectivity index (χ4v) is 8.79. The van der Waals surface area contributed by atoms with Crippen molar-refractivity contribution in [2.24, 2.45) is 0 Å². The highest BCUT2D eigenvalue weighted by Gasteiger charge is 2.22. The molecule has 2 atom stereocenters. The number of aliphatic carboxylic acids is 1. The first-order valence-corrected chi connectivity index (χ1v) is 34.3. The van der Waals surface area contributed by atoms with Crippen molar-refractivity contribution in [3.05, 3.63) is 170 Å². The lowest BCUT2D eigenvalue weighted by atomic mass is 10.0. The van der Waals surface area contributed by atoms with Gasteiger partial charge in [-0.25, -0.2) is 0 Å². The quantitative estimate of drug-likeness (QED) is 0.0195. The summed E-state index contributed by atoms with van der Waals surface area (Å²) in [6, 6.07) is 0. The number of carboxylic acid groups (broad SMARTS) is 1. The third-order valence-corrected chi connectivity index (χ3v) is 14.0. The van der Waals surface area contributed by atoms with Gasteiger partial charge in [-0.15, -0.1) is 0 Å². The first-order valence-electron chi connectivity index (χ1n) is 34.3. The van der Waals surface area contributed by atoms with Crippen molar-refractivity contribution < 1.29 is 42.9 Å². The van der Waals surface area contributed by atoms with Crippen LogP contribution in [0.1, 0.15) is 245 Å². The van der Waals surface area contributed by atoms with Crippen LogP contribution in [-0.2, 0) is 33.3 Å². The average Bonchev–Trinajstić information content (AvgIpc) is 3.56. The van der Waals surface area contributed by atoms with Crippen LogP contribution < -0.4 is 5.11 Å². The van der Waals surface area contributed by atoms with Gasteiger partial charge in [-0.2, -0.15) is 0 Å². The first kappa shape index (κ1) is 81.7. The summed E-state index contributed by atoms with van der Waals surface area (Å²) in [5, 5.41) is 11.8. The first-order chi connectivity index (χ1) is 42.6. The minimum atomic E-state index is -1.64. The predicted octanol–water partition coefficient (Wildman–Crippen LogP) is 20.1. The van der Waals surface area contributed by atoms with Crippen molar-refractivity contribution >= 4 is 17.9 Å². The number of allylic oxidation sites excluding steroid dienone is 28. The molecule has 0 aromatic rings. The van der Waals surface area contributed by atoms with Gasteiger partial charge in [-0.3, -0.25) is 9.59 Å². The molecule has 0 saturated carbocycles. The van der Waals surface area contributed by atoms with Gasteiger partial charge >= 0.3 is 11.9 Å². The maximum absolute atomic E-state index is 12.9.